The summed E-state index contributed by atoms with van der Waals surface area (Å²) in [6.07, 6.45) is 0. The van der Waals surface area contributed by atoms with Crippen LogP contribution in [0.3, 0.4) is 0 Å². The lowest BCUT2D eigenvalue weighted by Crippen LogP contribution is -2.34. The Morgan fingerprint density at radius 1 is 0.656 bits per heavy atom. The molecule has 0 aromatic heterocycles. The topological polar surface area (TPSA) is 26.3 Å². The highest BCUT2D eigenvalue weighted by molar-refractivity contribution is 7.80. The van der Waals surface area contributed by atoms with Crippen molar-refractivity contribution in [3.63, 3.8) is 0 Å². The maximum atomic E-state index is 13.0. The summed E-state index contributed by atoms with van der Waals surface area (Å²) in [6, 6.07) is 36.3. The summed E-state index contributed by atoms with van der Waals surface area (Å²) in [7, 11) is 5.42. The lowest BCUT2D eigenvalue weighted by Gasteiger charge is -2.23. The van der Waals surface area contributed by atoms with Crippen molar-refractivity contribution in [2.75, 3.05) is 21.1 Å². The number of hydrogen-bond donors (Lipinski definition) is 0. The van der Waals surface area contributed by atoms with Crippen molar-refractivity contribution < 1.29 is 9.53 Å². The van der Waals surface area contributed by atoms with Gasteiger partial charge in [-0.2, -0.15) is 0 Å². The van der Waals surface area contributed by atoms with E-state index in [1.54, 1.807) is 0 Å². The molecule has 0 aliphatic heterocycles. The molecule has 0 bridgehead atoms. The van der Waals surface area contributed by atoms with Crippen LogP contribution >= 0.6 is 7.92 Å². The van der Waals surface area contributed by atoms with Gasteiger partial charge in [-0.15, -0.1) is 0 Å². The van der Waals surface area contributed by atoms with Gasteiger partial charge in [0.15, 0.2) is 0 Å². The van der Waals surface area contributed by atoms with Gasteiger partial charge >= 0.3 is 5.97 Å². The van der Waals surface area contributed by atoms with E-state index < -0.39 is 7.92 Å². The predicted octanol–water partition coefficient (Wildman–Crippen LogP) is 4.86. The van der Waals surface area contributed by atoms with Crippen molar-refractivity contribution in [2.24, 2.45) is 0 Å². The van der Waals surface area contributed by atoms with E-state index in [1.165, 1.54) is 10.6 Å². The summed E-state index contributed by atoms with van der Waals surface area (Å²) in [6.45, 7) is 0. The molecule has 0 amide bonds. The molecule has 0 aliphatic carbocycles. The van der Waals surface area contributed by atoms with Crippen LogP contribution in [0.2, 0.25) is 0 Å². The van der Waals surface area contributed by atoms with Gasteiger partial charge < -0.3 is 4.74 Å². The summed E-state index contributed by atoms with van der Waals surface area (Å²) < 4.78 is 6.64. The van der Waals surface area contributed by atoms with Crippen molar-refractivity contribution in [3.05, 3.63) is 115 Å². The van der Waals surface area contributed by atoms with Crippen LogP contribution in [0.4, 0.5) is 5.69 Å². The Hall–Kier alpha value is -3.26. The number of ether oxygens (including phenoxy) is 1. The third kappa shape index (κ3) is 4.96. The van der Waals surface area contributed by atoms with Gasteiger partial charge in [-0.05, 0) is 48.9 Å². The standard InChI is InChI=1S/C28H27NO2P/c1-29(2,3)23-20-18-22(19-21-23)28(30)31-26-16-10-11-17-27(26)32(24-12-6-4-7-13-24)25-14-8-5-9-15-25/h4-21H,1-3H3/q+1. The maximum Gasteiger partial charge on any atom is 0.343 e. The number of hydrogen-bond acceptors (Lipinski definition) is 2. The van der Waals surface area contributed by atoms with Crippen molar-refractivity contribution in [1.29, 1.82) is 0 Å². The SMILES string of the molecule is C[N+](C)(C)c1ccc(C(=O)Oc2ccccc2P(c2ccccc2)c2ccccc2)cc1. The van der Waals surface area contributed by atoms with Crippen molar-refractivity contribution in [2.45, 2.75) is 0 Å². The zero-order valence-corrected chi connectivity index (χ0v) is 19.5. The molecule has 0 fully saturated rings. The fourth-order valence-electron chi connectivity index (χ4n) is 3.51. The van der Waals surface area contributed by atoms with Crippen LogP contribution in [0.5, 0.6) is 5.75 Å². The van der Waals surface area contributed by atoms with E-state index in [0.29, 0.717) is 15.8 Å². The molecule has 0 radical (unpaired) electrons. The number of para-hydroxylation sites is 1. The lowest BCUT2D eigenvalue weighted by molar-refractivity contribution is 0.0736. The molecule has 160 valence electrons. The molecule has 32 heavy (non-hydrogen) atoms. The average Bonchev–Trinajstić information content (AvgIpc) is 2.81. The Morgan fingerprint density at radius 3 is 1.69 bits per heavy atom. The Bertz CT molecular complexity index is 1140. The van der Waals surface area contributed by atoms with Gasteiger partial charge in [-0.1, -0.05) is 78.9 Å². The number of benzene rings is 4. The Labute approximate surface area is 191 Å². The first-order valence-corrected chi connectivity index (χ1v) is 11.9. The minimum Gasteiger partial charge on any atom is -0.422 e. The summed E-state index contributed by atoms with van der Waals surface area (Å²) in [5.41, 5.74) is 1.67. The van der Waals surface area contributed by atoms with Gasteiger partial charge in [0.25, 0.3) is 0 Å². The molecule has 0 atom stereocenters. The lowest BCUT2D eigenvalue weighted by atomic mass is 10.2. The molecule has 0 aliphatic rings. The molecule has 4 aromatic carbocycles. The Balaban J connectivity index is 1.69. The molecule has 4 aromatic rings. The molecular formula is C28H27NO2P+. The smallest absolute Gasteiger partial charge is 0.343 e. The van der Waals surface area contributed by atoms with Gasteiger partial charge in [0.1, 0.15) is 11.4 Å². The molecule has 0 saturated carbocycles. The molecule has 0 unspecified atom stereocenters. The predicted molar refractivity (Wildman–Crippen MR) is 136 cm³/mol. The van der Waals surface area contributed by atoms with Gasteiger partial charge in [0.05, 0.1) is 26.7 Å². The number of rotatable bonds is 6. The number of quaternary nitrogens is 1. The highest BCUT2D eigenvalue weighted by Gasteiger charge is 2.22. The van der Waals surface area contributed by atoms with Crippen LogP contribution in [0, 0.1) is 0 Å². The normalized spacial score (nSPS) is 11.4. The van der Waals surface area contributed by atoms with Crippen LogP contribution in [-0.4, -0.2) is 27.1 Å². The second-order valence-electron chi connectivity index (χ2n) is 8.42. The first-order chi connectivity index (χ1) is 15.4. The van der Waals surface area contributed by atoms with Gasteiger partial charge in [-0.25, -0.2) is 4.79 Å². The highest BCUT2D eigenvalue weighted by Crippen LogP contribution is 2.36. The molecule has 0 N–H and O–H groups in total. The van der Waals surface area contributed by atoms with E-state index in [-0.39, 0.29) is 5.97 Å². The van der Waals surface area contributed by atoms with E-state index in [4.69, 9.17) is 4.74 Å². The first-order valence-electron chi connectivity index (χ1n) is 10.6. The van der Waals surface area contributed by atoms with Crippen LogP contribution in [0.15, 0.2) is 109 Å². The molecule has 0 heterocycles. The molecule has 3 nitrogen and oxygen atoms in total. The van der Waals surface area contributed by atoms with E-state index in [9.17, 15) is 4.79 Å². The van der Waals surface area contributed by atoms with Crippen molar-refractivity contribution >= 4 is 35.5 Å². The average molecular weight is 441 g/mol. The summed E-state index contributed by atoms with van der Waals surface area (Å²) in [4.78, 5) is 13.0. The van der Waals surface area contributed by atoms with Crippen LogP contribution in [0.25, 0.3) is 0 Å². The zero-order chi connectivity index (χ0) is 22.6. The largest absolute Gasteiger partial charge is 0.422 e. The Morgan fingerprint density at radius 2 is 1.16 bits per heavy atom. The third-order valence-electron chi connectivity index (χ3n) is 5.22. The molecular weight excluding hydrogens is 413 g/mol. The van der Waals surface area contributed by atoms with E-state index >= 15 is 0 Å². The zero-order valence-electron chi connectivity index (χ0n) is 18.6. The summed E-state index contributed by atoms with van der Waals surface area (Å²) >= 11 is 0. The highest BCUT2D eigenvalue weighted by atomic mass is 31.1. The molecule has 0 saturated heterocycles. The second kappa shape index (κ2) is 9.48. The van der Waals surface area contributed by atoms with Gasteiger partial charge in [0.2, 0.25) is 0 Å². The molecule has 4 heteroatoms. The number of nitrogens with zero attached hydrogens (tertiary/aromatic N) is 1. The molecule has 0 spiro atoms. The van der Waals surface area contributed by atoms with Crippen molar-refractivity contribution in [1.82, 2.24) is 4.48 Å². The van der Waals surface area contributed by atoms with Gasteiger partial charge in [0, 0.05) is 5.30 Å². The van der Waals surface area contributed by atoms with Gasteiger partial charge in [-0.3, -0.25) is 4.48 Å². The fourth-order valence-corrected chi connectivity index (χ4v) is 5.88. The first kappa shape index (κ1) is 22.0. The van der Waals surface area contributed by atoms with Crippen LogP contribution in [-0.2, 0) is 0 Å². The summed E-state index contributed by atoms with van der Waals surface area (Å²) in [5, 5.41) is 3.45. The van der Waals surface area contributed by atoms with Crippen molar-refractivity contribution in [3.8, 4) is 5.75 Å². The minimum absolute atomic E-state index is 0.346. The van der Waals surface area contributed by atoms with E-state index in [1.807, 2.05) is 54.6 Å². The number of carbonyl (C=O) groups excluding carboxylic acids is 1. The Kier molecular flexibility index (Phi) is 6.50. The van der Waals surface area contributed by atoms with Crippen LogP contribution < -0.4 is 25.1 Å². The molecule has 4 rings (SSSR count). The summed E-state index contributed by atoms with van der Waals surface area (Å²) in [5.74, 6) is 0.258. The minimum atomic E-state index is -0.867. The van der Waals surface area contributed by atoms with E-state index in [0.717, 1.165) is 11.0 Å². The van der Waals surface area contributed by atoms with Crippen LogP contribution in [0.1, 0.15) is 10.4 Å². The second-order valence-corrected chi connectivity index (χ2v) is 10.6. The maximum absolute atomic E-state index is 13.0. The number of carbonyl (C=O) groups is 1. The number of esters is 1. The quantitative estimate of drug-likeness (QED) is 0.185. The third-order valence-corrected chi connectivity index (χ3v) is 7.70. The fraction of sp³-hybridized carbons (Fsp3) is 0.107. The van der Waals surface area contributed by atoms with E-state index in [2.05, 4.69) is 75.7 Å². The monoisotopic (exact) mass is 440 g/mol.